The van der Waals surface area contributed by atoms with Gasteiger partial charge in [0.15, 0.2) is 0 Å². The third-order valence-electron chi connectivity index (χ3n) is 12.3. The van der Waals surface area contributed by atoms with Crippen LogP contribution in [0.4, 0.5) is 0 Å². The molecule has 1 aliphatic heterocycles. The molecule has 0 saturated carbocycles. The number of para-hydroxylation sites is 1. The second-order valence-electron chi connectivity index (χ2n) is 15.2. The molecule has 0 bridgehead atoms. The van der Waals surface area contributed by atoms with Crippen molar-refractivity contribution >= 4 is 38.9 Å². The van der Waals surface area contributed by atoms with Gasteiger partial charge in [-0.25, -0.2) is 0 Å². The molecule has 57 heavy (non-hydrogen) atoms. The molecule has 2 aliphatic rings. The van der Waals surface area contributed by atoms with Crippen molar-refractivity contribution in [3.05, 3.63) is 228 Å². The first kappa shape index (κ1) is 31.9. The molecule has 12 rings (SSSR count). The molecule has 10 aromatic rings. The van der Waals surface area contributed by atoms with Crippen LogP contribution in [0.2, 0.25) is 0 Å². The molecule has 0 saturated heterocycles. The Morgan fingerprint density at radius 2 is 1.12 bits per heavy atom. The second kappa shape index (κ2) is 12.3. The number of rotatable bonds is 5. The summed E-state index contributed by atoms with van der Waals surface area (Å²) in [5.41, 5.74) is 18.9. The highest BCUT2D eigenvalue weighted by Gasteiger charge is 2.46. The van der Waals surface area contributed by atoms with Gasteiger partial charge in [-0.05, 0) is 111 Å². The molecule has 0 fully saturated rings. The maximum absolute atomic E-state index is 4.73. The summed E-state index contributed by atoms with van der Waals surface area (Å²) in [6.07, 6.45) is 6.03. The lowest BCUT2D eigenvalue weighted by Gasteiger charge is -2.34. The summed E-state index contributed by atoms with van der Waals surface area (Å²) < 4.78 is 4.79. The highest BCUT2D eigenvalue weighted by molar-refractivity contribution is 6.12. The fourth-order valence-electron chi connectivity index (χ4n) is 9.92. The number of fused-ring (bicyclic) bond motifs is 9. The molecule has 4 heterocycles. The van der Waals surface area contributed by atoms with E-state index in [1.807, 2.05) is 18.5 Å². The van der Waals surface area contributed by atoms with E-state index in [1.54, 1.807) is 0 Å². The van der Waals surface area contributed by atoms with E-state index >= 15 is 0 Å². The smallest absolute Gasteiger partial charge is 0.0961 e. The van der Waals surface area contributed by atoms with Gasteiger partial charge in [-0.15, -0.1) is 0 Å². The Kier molecular flexibility index (Phi) is 6.87. The molecule has 1 aliphatic carbocycles. The predicted octanol–water partition coefficient (Wildman–Crippen LogP) is 12.2. The lowest BCUT2D eigenvalue weighted by molar-refractivity contribution is 0.769. The van der Waals surface area contributed by atoms with Crippen LogP contribution in [-0.2, 0) is 12.0 Å². The molecule has 4 nitrogen and oxygen atoms in total. The summed E-state index contributed by atoms with van der Waals surface area (Å²) in [7, 11) is 0. The number of pyridine rings is 1. The Bertz CT molecular complexity index is 3170. The Balaban J connectivity index is 1.01. The van der Waals surface area contributed by atoms with Gasteiger partial charge in [0.25, 0.3) is 0 Å². The second-order valence-corrected chi connectivity index (χ2v) is 15.2. The molecule has 268 valence electrons. The zero-order chi connectivity index (χ0) is 37.5. The zero-order valence-electron chi connectivity index (χ0n) is 31.1. The molecule has 0 spiro atoms. The average molecular weight is 729 g/mol. The van der Waals surface area contributed by atoms with E-state index in [0.717, 1.165) is 29.0 Å². The predicted molar refractivity (Wildman–Crippen MR) is 234 cm³/mol. The molecular formula is C53H36N4. The van der Waals surface area contributed by atoms with Gasteiger partial charge in [0, 0.05) is 33.9 Å². The van der Waals surface area contributed by atoms with E-state index in [1.165, 1.54) is 77.6 Å². The molecule has 1 N–H and O–H groups in total. The Morgan fingerprint density at radius 3 is 1.86 bits per heavy atom. The molecule has 0 amide bonds. The van der Waals surface area contributed by atoms with Crippen LogP contribution in [0, 0.1) is 0 Å². The first-order valence-electron chi connectivity index (χ1n) is 19.7. The lowest BCUT2D eigenvalue weighted by Crippen LogP contribution is -2.28. The summed E-state index contributed by atoms with van der Waals surface area (Å²) in [4.78, 5) is 4.73. The summed E-state index contributed by atoms with van der Waals surface area (Å²) in [6.45, 7) is 0.767. The summed E-state index contributed by atoms with van der Waals surface area (Å²) in [6, 6.07) is 67.1. The molecule has 0 atom stereocenters. The minimum atomic E-state index is -0.462. The Labute approximate surface area is 330 Å². The van der Waals surface area contributed by atoms with Crippen LogP contribution in [0.5, 0.6) is 0 Å². The van der Waals surface area contributed by atoms with Crippen LogP contribution in [0.15, 0.2) is 194 Å². The molecule has 0 unspecified atom stereocenters. The minimum absolute atomic E-state index is 0.462. The van der Waals surface area contributed by atoms with Gasteiger partial charge in [-0.1, -0.05) is 127 Å². The van der Waals surface area contributed by atoms with Gasteiger partial charge in [0.1, 0.15) is 0 Å². The standard InChI is InChI=1S/C53H36N4/c1-3-12-37(13-4-1)53(38-14-5-2-6-15-38)46-18-9-7-16-41(46)44-32-45-42-17-8-10-19-48(42)56(50(45)33-47(44)53)39-25-21-35(22-26-39)36-23-27-40(28-24-36)57-49-20-11-30-55-52(49)43-29-31-54-34-51(43)57/h1-33,54H,34H2. The van der Waals surface area contributed by atoms with E-state index < -0.39 is 5.41 Å². The third-order valence-corrected chi connectivity index (χ3v) is 12.3. The van der Waals surface area contributed by atoms with E-state index in [0.29, 0.717) is 0 Å². The largest absolute Gasteiger partial charge is 0.385 e. The maximum Gasteiger partial charge on any atom is 0.0961 e. The molecular weight excluding hydrogens is 693 g/mol. The number of nitrogens with one attached hydrogen (secondary N) is 1. The molecule has 0 radical (unpaired) electrons. The van der Waals surface area contributed by atoms with Crippen LogP contribution >= 0.6 is 0 Å². The van der Waals surface area contributed by atoms with Gasteiger partial charge in [-0.2, -0.15) is 0 Å². The van der Waals surface area contributed by atoms with Gasteiger partial charge in [0.2, 0.25) is 0 Å². The average Bonchev–Trinajstić information content (AvgIpc) is 3.90. The van der Waals surface area contributed by atoms with Gasteiger partial charge in [-0.3, -0.25) is 4.98 Å². The van der Waals surface area contributed by atoms with Crippen LogP contribution < -0.4 is 5.32 Å². The van der Waals surface area contributed by atoms with Crippen LogP contribution in [0.1, 0.15) is 33.5 Å². The van der Waals surface area contributed by atoms with E-state index in [-0.39, 0.29) is 0 Å². The lowest BCUT2D eigenvalue weighted by atomic mass is 9.67. The SMILES string of the molecule is C1=Cc2c(n(-c3ccc(-c4ccc(-n5c6ccccc6c6cc7c(cc65)C(c5ccccc5)(c5ccccc5)c5ccccc5-7)cc4)cc3)c3cccnc23)CN1. The van der Waals surface area contributed by atoms with E-state index in [9.17, 15) is 0 Å². The maximum atomic E-state index is 4.73. The van der Waals surface area contributed by atoms with Crippen molar-refractivity contribution in [2.75, 3.05) is 0 Å². The van der Waals surface area contributed by atoms with Crippen LogP contribution in [-0.4, -0.2) is 14.1 Å². The van der Waals surface area contributed by atoms with E-state index in [4.69, 9.17) is 4.98 Å². The van der Waals surface area contributed by atoms with Crippen molar-refractivity contribution in [1.82, 2.24) is 19.4 Å². The number of hydrogen-bond acceptors (Lipinski definition) is 2. The van der Waals surface area contributed by atoms with Crippen molar-refractivity contribution < 1.29 is 0 Å². The monoisotopic (exact) mass is 728 g/mol. The van der Waals surface area contributed by atoms with Gasteiger partial charge < -0.3 is 14.5 Å². The number of hydrogen-bond donors (Lipinski definition) is 1. The van der Waals surface area contributed by atoms with Gasteiger partial charge in [0.05, 0.1) is 39.7 Å². The number of benzene rings is 7. The summed E-state index contributed by atoms with van der Waals surface area (Å²) >= 11 is 0. The molecule has 3 aromatic heterocycles. The van der Waals surface area contributed by atoms with Crippen molar-refractivity contribution in [1.29, 1.82) is 0 Å². The Morgan fingerprint density at radius 1 is 0.491 bits per heavy atom. The van der Waals surface area contributed by atoms with Crippen molar-refractivity contribution in [2.24, 2.45) is 0 Å². The summed E-state index contributed by atoms with van der Waals surface area (Å²) in [5, 5.41) is 5.91. The van der Waals surface area contributed by atoms with Crippen molar-refractivity contribution in [3.63, 3.8) is 0 Å². The highest BCUT2D eigenvalue weighted by Crippen LogP contribution is 2.57. The summed E-state index contributed by atoms with van der Waals surface area (Å²) in [5.74, 6) is 0. The van der Waals surface area contributed by atoms with E-state index in [2.05, 4.69) is 196 Å². The normalized spacial score (nSPS) is 13.8. The Hall–Kier alpha value is -7.43. The molecule has 4 heteroatoms. The van der Waals surface area contributed by atoms with Gasteiger partial charge >= 0.3 is 0 Å². The number of nitrogens with zero attached hydrogens (tertiary/aromatic N) is 3. The minimum Gasteiger partial charge on any atom is -0.385 e. The zero-order valence-corrected chi connectivity index (χ0v) is 31.1. The van der Waals surface area contributed by atoms with Crippen molar-refractivity contribution in [3.8, 4) is 33.6 Å². The highest BCUT2D eigenvalue weighted by atomic mass is 15.0. The first-order valence-corrected chi connectivity index (χ1v) is 19.7. The fraction of sp³-hybridized carbons (Fsp3) is 0.0377. The molecule has 7 aromatic carbocycles. The van der Waals surface area contributed by atoms with Crippen molar-refractivity contribution in [2.45, 2.75) is 12.0 Å². The first-order chi connectivity index (χ1) is 28.3. The number of aromatic nitrogens is 3. The van der Waals surface area contributed by atoms with Crippen LogP contribution in [0.25, 0.3) is 72.5 Å². The fourth-order valence-corrected chi connectivity index (χ4v) is 9.92. The third kappa shape index (κ3) is 4.53. The topological polar surface area (TPSA) is 34.8 Å². The quantitative estimate of drug-likeness (QED) is 0.191. The van der Waals surface area contributed by atoms with Crippen LogP contribution in [0.3, 0.4) is 0 Å².